The molecule has 3 heterocycles. The van der Waals surface area contributed by atoms with Gasteiger partial charge >= 0.3 is 6.09 Å². The van der Waals surface area contributed by atoms with Gasteiger partial charge in [0.25, 0.3) is 11.8 Å². The number of unbranched alkanes of at least 4 members (excludes halogenated alkanes) is 3. The first-order chi connectivity index (χ1) is 31.1. The normalized spacial score (nSPS) is 24.3. The molecule has 0 radical (unpaired) electrons. The number of nitrogens with one attached hydrogen (secondary N) is 3. The molecular weight excluding hydrogens is 913 g/mol. The topological polar surface area (TPSA) is 216 Å². The summed E-state index contributed by atoms with van der Waals surface area (Å²) in [6.07, 6.45) is 5.83. The maximum atomic E-state index is 17.1. The molecule has 2 aliphatic carbocycles. The van der Waals surface area contributed by atoms with Gasteiger partial charge in [-0.2, -0.15) is 0 Å². The first-order valence-electron chi connectivity index (χ1n) is 23.3. The Kier molecular flexibility index (Phi) is 14.7. The third-order valence-electron chi connectivity index (χ3n) is 13.8. The molecule has 20 heteroatoms. The molecule has 3 N–H and O–H groups in total. The number of carbonyl (C=O) groups excluding carboxylic acids is 4. The van der Waals surface area contributed by atoms with Crippen molar-refractivity contribution in [3.05, 3.63) is 41.6 Å². The van der Waals surface area contributed by atoms with Gasteiger partial charge in [-0.1, -0.05) is 45.8 Å². The predicted octanol–water partition coefficient (Wildman–Crippen LogP) is 6.70. The maximum Gasteiger partial charge on any atom is 0.408 e. The van der Waals surface area contributed by atoms with E-state index in [-0.39, 0.29) is 35.4 Å². The molecule has 3 fully saturated rings. The molecule has 2 saturated carbocycles. The fraction of sp³-hybridized carbons (Fsp3) is 0.681. The van der Waals surface area contributed by atoms with Crippen LogP contribution in [0.4, 0.5) is 13.6 Å². The Morgan fingerprint density at radius 1 is 1.06 bits per heavy atom. The number of aromatic nitrogens is 1. The van der Waals surface area contributed by atoms with E-state index in [1.54, 1.807) is 45.9 Å². The lowest BCUT2D eigenvalue weighted by Crippen LogP contribution is -2.70. The van der Waals surface area contributed by atoms with Crippen LogP contribution >= 0.6 is 0 Å². The summed E-state index contributed by atoms with van der Waals surface area (Å²) in [4.78, 5) is 62.4. The number of halogens is 2. The van der Waals surface area contributed by atoms with Crippen molar-refractivity contribution in [2.75, 3.05) is 26.0 Å². The molecule has 4 unspecified atom stereocenters. The van der Waals surface area contributed by atoms with Gasteiger partial charge in [-0.25, -0.2) is 35.4 Å². The van der Waals surface area contributed by atoms with Crippen molar-refractivity contribution in [3.8, 4) is 11.5 Å². The molecule has 2 aliphatic heterocycles. The number of carbonyl (C=O) groups is 4. The van der Waals surface area contributed by atoms with Crippen molar-refractivity contribution in [2.24, 2.45) is 5.92 Å². The summed E-state index contributed by atoms with van der Waals surface area (Å²) < 4.78 is 105. The summed E-state index contributed by atoms with van der Waals surface area (Å²) >= 11 is 0. The van der Waals surface area contributed by atoms with Crippen LogP contribution in [-0.4, -0.2) is 109 Å². The molecule has 4 aliphatic rings. The second-order valence-electron chi connectivity index (χ2n) is 20.2. The van der Waals surface area contributed by atoms with E-state index in [0.717, 1.165) is 24.2 Å². The number of pyridine rings is 1. The molecule has 1 aromatic carbocycles. The van der Waals surface area contributed by atoms with Gasteiger partial charge in [0.2, 0.25) is 21.8 Å². The number of methoxy groups -OCH3 is 1. The minimum absolute atomic E-state index is 0.0428. The number of likely N-dealkylation sites (tertiary alicyclic amines) is 1. The highest BCUT2D eigenvalue weighted by Gasteiger charge is 2.62. The number of amides is 4. The fourth-order valence-corrected chi connectivity index (χ4v) is 11.6. The zero-order valence-electron chi connectivity index (χ0n) is 40.1. The first-order valence-corrected chi connectivity index (χ1v) is 26.5. The molecular formula is C47H67F2N5O11S2. The molecule has 4 atom stereocenters. The largest absolute Gasteiger partial charge is 0.497 e. The number of sulfonamides is 1. The summed E-state index contributed by atoms with van der Waals surface area (Å²) in [6, 6.07) is 3.11. The number of hydrogen-bond acceptors (Lipinski definition) is 12. The summed E-state index contributed by atoms with van der Waals surface area (Å²) in [5.74, 6) is -7.50. The number of alkyl halides is 2. The van der Waals surface area contributed by atoms with Gasteiger partial charge in [0, 0.05) is 24.1 Å². The predicted molar refractivity (Wildman–Crippen MR) is 248 cm³/mol. The lowest BCUT2D eigenvalue weighted by Gasteiger charge is -2.47. The lowest BCUT2D eigenvalue weighted by atomic mass is 9.65. The third-order valence-corrected chi connectivity index (χ3v) is 18.2. The highest BCUT2D eigenvalue weighted by Crippen LogP contribution is 2.55. The Morgan fingerprint density at radius 3 is 2.36 bits per heavy atom. The molecule has 67 heavy (non-hydrogen) atoms. The van der Waals surface area contributed by atoms with Crippen LogP contribution in [0.5, 0.6) is 11.5 Å². The van der Waals surface area contributed by atoms with Gasteiger partial charge in [0.1, 0.15) is 35.1 Å². The number of benzene rings is 1. The second-order valence-corrected chi connectivity index (χ2v) is 25.1. The highest BCUT2D eigenvalue weighted by atomic mass is 32.2. The van der Waals surface area contributed by atoms with E-state index in [1.807, 2.05) is 6.08 Å². The zero-order chi connectivity index (χ0) is 49.5. The Morgan fingerprint density at radius 2 is 1.76 bits per heavy atom. The molecule has 4 amide bonds. The Bertz CT molecular complexity index is 2510. The van der Waals surface area contributed by atoms with Crippen LogP contribution in [0.15, 0.2) is 30.4 Å². The quantitative estimate of drug-likeness (QED) is 0.0991. The number of ether oxygens (including phenoxy) is 3. The minimum Gasteiger partial charge on any atom is -0.497 e. The van der Waals surface area contributed by atoms with Gasteiger partial charge < -0.3 is 29.7 Å². The number of nitrogens with zero attached hydrogens (tertiary/aromatic N) is 2. The van der Waals surface area contributed by atoms with Crippen LogP contribution in [0.3, 0.4) is 0 Å². The van der Waals surface area contributed by atoms with Crippen molar-refractivity contribution in [2.45, 2.75) is 171 Å². The average Bonchev–Trinajstić information content (AvgIpc) is 3.90. The number of rotatable bonds is 19. The third kappa shape index (κ3) is 10.8. The van der Waals surface area contributed by atoms with Crippen LogP contribution < -0.4 is 24.8 Å². The maximum absolute atomic E-state index is 17.1. The molecule has 0 bridgehead atoms. The fourth-order valence-electron chi connectivity index (χ4n) is 9.04. The number of sulfone groups is 1. The van der Waals surface area contributed by atoms with Crippen LogP contribution in [0.25, 0.3) is 10.9 Å². The van der Waals surface area contributed by atoms with Crippen molar-refractivity contribution >= 4 is 54.6 Å². The molecule has 2 aromatic rings. The van der Waals surface area contributed by atoms with E-state index in [2.05, 4.69) is 22.3 Å². The number of allylic oxidation sites excluding steroid dienone is 1. The molecule has 372 valence electrons. The monoisotopic (exact) mass is 979 g/mol. The van der Waals surface area contributed by atoms with E-state index in [0.29, 0.717) is 36.9 Å². The molecule has 1 spiro atoms. The SMILES string of the molecule is CCCCCC=CC1CCC1(NC(=O)C1CC2(CN1C(=O)CNC(=O)OC(C)(C)CCS(=O)(=O)C(C)C)CC(F)(F)c1c(c(C(C)C)nc3ccc(OC)cc13)O2)C(=O)NS(=O)(=O)C1(C)CC1. The van der Waals surface area contributed by atoms with Crippen LogP contribution in [0.1, 0.15) is 143 Å². The number of alkyl carbamates (subject to hydrolysis) is 1. The summed E-state index contributed by atoms with van der Waals surface area (Å²) in [7, 11) is -6.21. The Hall–Kier alpha value is -4.59. The van der Waals surface area contributed by atoms with E-state index in [4.69, 9.17) is 19.2 Å². The second kappa shape index (κ2) is 19.1. The summed E-state index contributed by atoms with van der Waals surface area (Å²) in [6.45, 7) is 12.0. The highest BCUT2D eigenvalue weighted by molar-refractivity contribution is 7.92. The van der Waals surface area contributed by atoms with Crippen LogP contribution in [0, 0.1) is 5.92 Å². The van der Waals surface area contributed by atoms with Gasteiger partial charge in [0.05, 0.1) is 52.6 Å². The summed E-state index contributed by atoms with van der Waals surface area (Å²) in [5, 5.41) is 4.65. The van der Waals surface area contributed by atoms with Crippen molar-refractivity contribution in [1.29, 1.82) is 0 Å². The Labute approximate surface area is 393 Å². The number of fused-ring (bicyclic) bond motifs is 3. The van der Waals surface area contributed by atoms with Crippen LogP contribution in [0.2, 0.25) is 0 Å². The van der Waals surface area contributed by atoms with Gasteiger partial charge in [-0.15, -0.1) is 0 Å². The van der Waals surface area contributed by atoms with Crippen LogP contribution in [-0.2, 0) is 44.9 Å². The average molecular weight is 980 g/mol. The molecule has 1 saturated heterocycles. The minimum atomic E-state index is -4.16. The Balaban J connectivity index is 1.34. The first kappa shape index (κ1) is 51.8. The van der Waals surface area contributed by atoms with Gasteiger partial charge in [-0.3, -0.25) is 19.1 Å². The van der Waals surface area contributed by atoms with Gasteiger partial charge in [-0.05, 0) is 97.3 Å². The standard InChI is InChI=1S/C47H67F2N5O11S2/c1-10-11-12-13-14-15-31-18-19-46(31,41(57)53-67(61,62)44(8)20-21-44)52-40(56)35-25-45(28-54(35)36(55)26-50-42(58)65-43(6,7)22-23-66(59,60)30(4)5)27-47(48,49)37-33-24-32(63-9)16-17-34(33)51-38(29(2)3)39(37)64-45/h14-17,24,29-31,35H,10-13,18-23,25-28H2,1-9H3,(H,50,58)(H,52,56)(H,53,57). The van der Waals surface area contributed by atoms with Crippen molar-refractivity contribution in [1.82, 2.24) is 25.2 Å². The number of hydrogen-bond donors (Lipinski definition) is 3. The smallest absolute Gasteiger partial charge is 0.408 e. The zero-order valence-corrected chi connectivity index (χ0v) is 41.7. The molecule has 16 nitrogen and oxygen atoms in total. The summed E-state index contributed by atoms with van der Waals surface area (Å²) in [5.41, 5.74) is -4.82. The molecule has 1 aromatic heterocycles. The van der Waals surface area contributed by atoms with Crippen molar-refractivity contribution < 1.29 is 59.0 Å². The lowest BCUT2D eigenvalue weighted by molar-refractivity contribution is -0.143. The van der Waals surface area contributed by atoms with E-state index >= 15 is 8.78 Å². The van der Waals surface area contributed by atoms with Crippen molar-refractivity contribution in [3.63, 3.8) is 0 Å². The molecule has 6 rings (SSSR count). The van der Waals surface area contributed by atoms with E-state index < -0.39 is 126 Å². The van der Waals surface area contributed by atoms with E-state index in [9.17, 15) is 36.0 Å². The van der Waals surface area contributed by atoms with Gasteiger partial charge in [0.15, 0.2) is 15.6 Å². The van der Waals surface area contributed by atoms with E-state index in [1.165, 1.54) is 33.9 Å².